The highest BCUT2D eigenvalue weighted by Crippen LogP contribution is 2.07. The van der Waals surface area contributed by atoms with Crippen molar-refractivity contribution < 1.29 is 9.53 Å². The molecule has 0 atom stereocenters. The van der Waals surface area contributed by atoms with E-state index in [2.05, 4.69) is 25.7 Å². The van der Waals surface area contributed by atoms with Crippen molar-refractivity contribution in [2.75, 3.05) is 12.0 Å². The summed E-state index contributed by atoms with van der Waals surface area (Å²) in [5, 5.41) is 19.3. The molecule has 0 aliphatic carbocycles. The molecule has 2 aromatic heterocycles. The number of aromatic nitrogens is 3. The first-order valence-corrected chi connectivity index (χ1v) is 6.12. The molecule has 0 unspecified atom stereocenters. The molecule has 0 amide bonds. The van der Waals surface area contributed by atoms with Crippen LogP contribution < -0.4 is 5.43 Å². The minimum absolute atomic E-state index is 0.108. The first-order valence-electron chi connectivity index (χ1n) is 6.12. The fourth-order valence-electron chi connectivity index (χ4n) is 1.45. The molecule has 0 aromatic carbocycles. The van der Waals surface area contributed by atoms with Gasteiger partial charge in [0.05, 0.1) is 6.61 Å². The normalized spacial score (nSPS) is 10.8. The van der Waals surface area contributed by atoms with Gasteiger partial charge in [-0.1, -0.05) is 6.07 Å². The number of esters is 1. The zero-order chi connectivity index (χ0) is 15.1. The van der Waals surface area contributed by atoms with E-state index < -0.39 is 5.97 Å². The maximum Gasteiger partial charge on any atom is 0.356 e. The van der Waals surface area contributed by atoms with Crippen molar-refractivity contribution in [1.29, 1.82) is 5.26 Å². The zero-order valence-corrected chi connectivity index (χ0v) is 11.2. The van der Waals surface area contributed by atoms with Crippen LogP contribution >= 0.6 is 0 Å². The van der Waals surface area contributed by atoms with Crippen molar-refractivity contribution in [3.63, 3.8) is 0 Å². The van der Waals surface area contributed by atoms with Crippen LogP contribution in [-0.4, -0.2) is 33.5 Å². The van der Waals surface area contributed by atoms with Crippen LogP contribution in [0.4, 0.5) is 5.82 Å². The molecule has 0 bridgehead atoms. The van der Waals surface area contributed by atoms with Crippen LogP contribution in [0.3, 0.4) is 0 Å². The Hall–Kier alpha value is -3.21. The van der Waals surface area contributed by atoms with Crippen LogP contribution in [0.15, 0.2) is 35.6 Å². The van der Waals surface area contributed by atoms with Crippen LogP contribution in [-0.2, 0) is 4.74 Å². The van der Waals surface area contributed by atoms with Gasteiger partial charge in [-0.05, 0) is 19.1 Å². The van der Waals surface area contributed by atoms with Crippen LogP contribution in [0.1, 0.15) is 23.1 Å². The second-order valence-corrected chi connectivity index (χ2v) is 3.79. The number of ether oxygens (including phenoxy) is 1. The molecular formula is C13H12N6O2. The van der Waals surface area contributed by atoms with Crippen LogP contribution in [0.2, 0.25) is 0 Å². The van der Waals surface area contributed by atoms with E-state index in [9.17, 15) is 4.79 Å². The van der Waals surface area contributed by atoms with Crippen molar-refractivity contribution in [3.8, 4) is 6.07 Å². The number of rotatable bonds is 5. The Morgan fingerprint density at radius 3 is 3.10 bits per heavy atom. The van der Waals surface area contributed by atoms with E-state index in [-0.39, 0.29) is 18.0 Å². The summed E-state index contributed by atoms with van der Waals surface area (Å²) < 4.78 is 4.82. The van der Waals surface area contributed by atoms with Gasteiger partial charge < -0.3 is 4.74 Å². The Labute approximate surface area is 120 Å². The third-order valence-electron chi connectivity index (χ3n) is 2.37. The smallest absolute Gasteiger partial charge is 0.356 e. The van der Waals surface area contributed by atoms with Gasteiger partial charge in [-0.2, -0.15) is 15.5 Å². The average Bonchev–Trinajstić information content (AvgIpc) is 2.98. The minimum Gasteiger partial charge on any atom is -0.461 e. The van der Waals surface area contributed by atoms with E-state index in [0.717, 1.165) is 0 Å². The predicted molar refractivity (Wildman–Crippen MR) is 74.6 cm³/mol. The van der Waals surface area contributed by atoms with Gasteiger partial charge in [0.1, 0.15) is 17.5 Å². The van der Waals surface area contributed by atoms with Gasteiger partial charge in [0.15, 0.2) is 11.5 Å². The van der Waals surface area contributed by atoms with E-state index in [1.165, 1.54) is 6.07 Å². The fourth-order valence-corrected chi connectivity index (χ4v) is 1.45. The summed E-state index contributed by atoms with van der Waals surface area (Å²) in [6.07, 6.45) is 1.57. The molecule has 0 spiro atoms. The van der Waals surface area contributed by atoms with Crippen LogP contribution in [0.5, 0.6) is 0 Å². The standard InChI is InChI=1S/C13H12N6O2/c1-2-21-13(20)10-7-12(18-16-10)19-17-11(8-14)9-5-3-4-6-15-9/h3-7H,2H2,1H3,(H2,16,18,19)/b17-11-. The third-order valence-corrected chi connectivity index (χ3v) is 2.37. The molecule has 8 heteroatoms. The first-order chi connectivity index (χ1) is 10.2. The first kappa shape index (κ1) is 14.2. The molecule has 0 saturated heterocycles. The number of anilines is 1. The molecule has 2 rings (SSSR count). The second-order valence-electron chi connectivity index (χ2n) is 3.79. The monoisotopic (exact) mass is 284 g/mol. The SMILES string of the molecule is CCOC(=O)c1cc(N/N=C(/C#N)c2ccccn2)n[nH]1. The van der Waals surface area contributed by atoms with Crippen molar-refractivity contribution in [1.82, 2.24) is 15.2 Å². The van der Waals surface area contributed by atoms with E-state index in [4.69, 9.17) is 10.00 Å². The summed E-state index contributed by atoms with van der Waals surface area (Å²) in [5.74, 6) is -0.214. The van der Waals surface area contributed by atoms with Gasteiger partial charge in [-0.3, -0.25) is 15.5 Å². The number of aromatic amines is 1. The Balaban J connectivity index is 2.10. The number of pyridine rings is 1. The lowest BCUT2D eigenvalue weighted by Gasteiger charge is -1.97. The van der Waals surface area contributed by atoms with Crippen LogP contribution in [0, 0.1) is 11.3 Å². The maximum atomic E-state index is 11.5. The number of nitrogens with zero attached hydrogens (tertiary/aromatic N) is 4. The molecule has 2 heterocycles. The summed E-state index contributed by atoms with van der Waals surface area (Å²) in [7, 11) is 0. The van der Waals surface area contributed by atoms with E-state index in [0.29, 0.717) is 11.5 Å². The fraction of sp³-hybridized carbons (Fsp3) is 0.154. The van der Waals surface area contributed by atoms with Gasteiger partial charge >= 0.3 is 5.97 Å². The highest BCUT2D eigenvalue weighted by atomic mass is 16.5. The lowest BCUT2D eigenvalue weighted by Crippen LogP contribution is -2.04. The Morgan fingerprint density at radius 2 is 2.43 bits per heavy atom. The number of hydrogen-bond acceptors (Lipinski definition) is 7. The molecule has 21 heavy (non-hydrogen) atoms. The highest BCUT2D eigenvalue weighted by Gasteiger charge is 2.10. The second kappa shape index (κ2) is 6.81. The molecular weight excluding hydrogens is 272 g/mol. The van der Waals surface area contributed by atoms with Crippen molar-refractivity contribution in [2.24, 2.45) is 5.10 Å². The molecule has 0 fully saturated rings. The molecule has 0 aliphatic rings. The minimum atomic E-state index is -0.507. The molecule has 0 radical (unpaired) electrons. The van der Waals surface area contributed by atoms with Gasteiger partial charge in [-0.15, -0.1) is 0 Å². The Bertz CT molecular complexity index is 686. The molecule has 8 nitrogen and oxygen atoms in total. The topological polar surface area (TPSA) is 116 Å². The van der Waals surface area contributed by atoms with E-state index >= 15 is 0 Å². The third kappa shape index (κ3) is 3.63. The van der Waals surface area contributed by atoms with E-state index in [1.807, 2.05) is 6.07 Å². The summed E-state index contributed by atoms with van der Waals surface area (Å²) in [6.45, 7) is 1.99. The summed E-state index contributed by atoms with van der Waals surface area (Å²) in [5.41, 5.74) is 3.33. The quantitative estimate of drug-likeness (QED) is 0.486. The zero-order valence-electron chi connectivity index (χ0n) is 11.2. The molecule has 2 N–H and O–H groups in total. The van der Waals surface area contributed by atoms with Crippen molar-refractivity contribution in [3.05, 3.63) is 41.9 Å². The number of nitriles is 1. The Morgan fingerprint density at radius 1 is 1.57 bits per heavy atom. The molecule has 0 saturated carbocycles. The van der Waals surface area contributed by atoms with Gasteiger partial charge in [0.25, 0.3) is 0 Å². The van der Waals surface area contributed by atoms with Crippen molar-refractivity contribution >= 4 is 17.5 Å². The maximum absolute atomic E-state index is 11.5. The predicted octanol–water partition coefficient (Wildman–Crippen LogP) is 1.32. The van der Waals surface area contributed by atoms with Crippen LogP contribution in [0.25, 0.3) is 0 Å². The number of nitrogens with one attached hydrogen (secondary N) is 2. The van der Waals surface area contributed by atoms with E-state index in [1.54, 1.807) is 31.3 Å². The lowest BCUT2D eigenvalue weighted by molar-refractivity contribution is 0.0519. The van der Waals surface area contributed by atoms with Gasteiger partial charge in [-0.25, -0.2) is 4.79 Å². The van der Waals surface area contributed by atoms with Gasteiger partial charge in [0.2, 0.25) is 0 Å². The molecule has 0 aliphatic heterocycles. The molecule has 2 aromatic rings. The summed E-state index contributed by atoms with van der Waals surface area (Å²) in [4.78, 5) is 15.5. The molecule has 106 valence electrons. The number of H-pyrrole nitrogens is 1. The van der Waals surface area contributed by atoms with Crippen molar-refractivity contribution in [2.45, 2.75) is 6.92 Å². The summed E-state index contributed by atoms with van der Waals surface area (Å²) in [6, 6.07) is 8.53. The number of carbonyl (C=O) groups excluding carboxylic acids is 1. The lowest BCUT2D eigenvalue weighted by atomic mass is 10.2. The number of carbonyl (C=O) groups is 1. The van der Waals surface area contributed by atoms with Gasteiger partial charge in [0, 0.05) is 12.3 Å². The largest absolute Gasteiger partial charge is 0.461 e. The average molecular weight is 284 g/mol. The highest BCUT2D eigenvalue weighted by molar-refractivity contribution is 6.10. The Kier molecular flexibility index (Phi) is 4.61. The number of hydrazone groups is 1. The number of hydrogen-bond donors (Lipinski definition) is 2. The summed E-state index contributed by atoms with van der Waals surface area (Å²) >= 11 is 0.